The summed E-state index contributed by atoms with van der Waals surface area (Å²) in [6.45, 7) is 18.4. The van der Waals surface area contributed by atoms with Crippen molar-refractivity contribution in [2.45, 2.75) is 55.4 Å². The molecule has 15 rings (SSSR count). The van der Waals surface area contributed by atoms with E-state index in [4.69, 9.17) is 0 Å². The van der Waals surface area contributed by atoms with Gasteiger partial charge in [0.15, 0.2) is 0 Å². The first kappa shape index (κ1) is 41.5. The molecule has 13 aromatic carbocycles. The summed E-state index contributed by atoms with van der Waals surface area (Å²) in [6.07, 6.45) is 0. The summed E-state index contributed by atoms with van der Waals surface area (Å²) in [7, 11) is 0. The summed E-state index contributed by atoms with van der Waals surface area (Å²) in [5, 5.41) is 16.0. The number of aryl methyl sites for hydroxylation is 8. The van der Waals surface area contributed by atoms with Crippen molar-refractivity contribution in [1.29, 1.82) is 0 Å². The molecule has 0 heteroatoms. The highest BCUT2D eigenvalue weighted by molar-refractivity contribution is 6.42. The SMILES string of the molecule is Cc1cccc(C)c1-c1c2c(c(-c3c(C)cccc3C)c3ccccc13)-c1ccc3c4ccc5c6c(ccc(c7ccc-2c1c73)c64)-c1c-5c(-c2c(C)cccc2C)c2ccccc2c1-c1c(C)cccc1C. The average molecular weight is 917 g/mol. The van der Waals surface area contributed by atoms with E-state index in [1.165, 1.54) is 198 Å². The first-order valence-electron chi connectivity index (χ1n) is 25.8. The summed E-state index contributed by atoms with van der Waals surface area (Å²) in [5.74, 6) is 0. The monoisotopic (exact) mass is 916 g/mol. The van der Waals surface area contributed by atoms with Gasteiger partial charge < -0.3 is 0 Å². The third-order valence-electron chi connectivity index (χ3n) is 17.3. The van der Waals surface area contributed by atoms with Gasteiger partial charge in [-0.1, -0.05) is 170 Å². The summed E-state index contributed by atoms with van der Waals surface area (Å²) < 4.78 is 0. The molecule has 0 N–H and O–H groups in total. The van der Waals surface area contributed by atoms with Crippen molar-refractivity contribution in [1.82, 2.24) is 0 Å². The molecule has 0 aliphatic heterocycles. The third-order valence-corrected chi connectivity index (χ3v) is 17.3. The molecule has 0 heterocycles. The van der Waals surface area contributed by atoms with Gasteiger partial charge in [-0.05, 0) is 254 Å². The molecule has 0 bridgehead atoms. The predicted octanol–water partition coefficient (Wildman–Crippen LogP) is 20.5. The van der Waals surface area contributed by atoms with E-state index < -0.39 is 0 Å². The van der Waals surface area contributed by atoms with Crippen LogP contribution < -0.4 is 0 Å². The van der Waals surface area contributed by atoms with Gasteiger partial charge in [0, 0.05) is 0 Å². The van der Waals surface area contributed by atoms with Gasteiger partial charge in [0.25, 0.3) is 0 Å². The van der Waals surface area contributed by atoms with E-state index in [0.29, 0.717) is 0 Å². The summed E-state index contributed by atoms with van der Waals surface area (Å²) in [4.78, 5) is 0. The van der Waals surface area contributed by atoms with Gasteiger partial charge in [0.2, 0.25) is 0 Å². The molecule has 0 spiro atoms. The maximum Gasteiger partial charge on any atom is -0.000720 e. The standard InChI is InChI=1S/C72H52/c1-37-17-13-18-38(2)57(37)65-45-25-9-10-26-46(45)66(58-39(3)19-14-20-40(58)4)70-54-34-30-50-52-32-36-56-64-55(35-31-51(62(52)64)49-29-33-53(69(65)70)63(54)61(49)50)71-67(59-41(5)21-15-22-42(59)6)47-27-11-12-28-48(47)68(72(56)71)60-43(7)23-16-24-44(60)8/h9-36H,1-8H3. The summed E-state index contributed by atoms with van der Waals surface area (Å²) >= 11 is 0. The van der Waals surface area contributed by atoms with Gasteiger partial charge in [-0.25, -0.2) is 0 Å². The zero-order valence-corrected chi connectivity index (χ0v) is 42.2. The molecule has 0 fully saturated rings. The normalized spacial score (nSPS) is 12.4. The van der Waals surface area contributed by atoms with Crippen molar-refractivity contribution >= 4 is 64.6 Å². The Balaban J connectivity index is 1.10. The Labute approximate surface area is 421 Å². The molecule has 0 unspecified atom stereocenters. The maximum absolute atomic E-state index is 2.49. The molecule has 0 aromatic heterocycles. The van der Waals surface area contributed by atoms with E-state index in [-0.39, 0.29) is 0 Å². The Kier molecular flexibility index (Phi) is 8.42. The Hall–Kier alpha value is -8.32. The van der Waals surface area contributed by atoms with Crippen LogP contribution in [0.25, 0.3) is 154 Å². The van der Waals surface area contributed by atoms with Crippen LogP contribution in [0.15, 0.2) is 170 Å². The second-order valence-electron chi connectivity index (χ2n) is 21.3. The molecule has 0 amide bonds. The minimum absolute atomic E-state index is 1.31. The van der Waals surface area contributed by atoms with Crippen LogP contribution in [0.3, 0.4) is 0 Å². The Morgan fingerprint density at radius 1 is 0.153 bits per heavy atom. The lowest BCUT2D eigenvalue weighted by Gasteiger charge is -2.24. The van der Waals surface area contributed by atoms with Gasteiger partial charge in [-0.15, -0.1) is 0 Å². The quantitative estimate of drug-likeness (QED) is 0.122. The van der Waals surface area contributed by atoms with Crippen LogP contribution in [0.1, 0.15) is 44.5 Å². The molecule has 0 saturated heterocycles. The first-order valence-corrected chi connectivity index (χ1v) is 25.8. The zero-order valence-electron chi connectivity index (χ0n) is 42.2. The van der Waals surface area contributed by atoms with E-state index in [2.05, 4.69) is 225 Å². The van der Waals surface area contributed by atoms with Crippen LogP contribution in [0, 0.1) is 55.4 Å². The molecule has 0 atom stereocenters. The minimum Gasteiger partial charge on any atom is -0.0617 e. The molecule has 0 radical (unpaired) electrons. The van der Waals surface area contributed by atoms with Crippen molar-refractivity contribution in [2.75, 3.05) is 0 Å². The fourth-order valence-corrected chi connectivity index (χ4v) is 14.6. The molecule has 13 aromatic rings. The number of rotatable bonds is 4. The topological polar surface area (TPSA) is 0 Å². The van der Waals surface area contributed by atoms with E-state index in [1.54, 1.807) is 0 Å². The predicted molar refractivity (Wildman–Crippen MR) is 311 cm³/mol. The molecule has 0 nitrogen and oxygen atoms in total. The lowest BCUT2D eigenvalue weighted by Crippen LogP contribution is -1.98. The van der Waals surface area contributed by atoms with Gasteiger partial charge in [-0.2, -0.15) is 0 Å². The fraction of sp³-hybridized carbons (Fsp3) is 0.111. The summed E-state index contributed by atoms with van der Waals surface area (Å²) in [5.41, 5.74) is 32.0. The van der Waals surface area contributed by atoms with Crippen LogP contribution in [-0.2, 0) is 0 Å². The highest BCUT2D eigenvalue weighted by Gasteiger charge is 2.36. The third kappa shape index (κ3) is 5.17. The fourth-order valence-electron chi connectivity index (χ4n) is 14.6. The highest BCUT2D eigenvalue weighted by Crippen LogP contribution is 2.64. The van der Waals surface area contributed by atoms with Crippen molar-refractivity contribution in [3.05, 3.63) is 214 Å². The second-order valence-corrected chi connectivity index (χ2v) is 21.3. The van der Waals surface area contributed by atoms with Crippen LogP contribution >= 0.6 is 0 Å². The molecule has 340 valence electrons. The molecule has 2 aliphatic rings. The van der Waals surface area contributed by atoms with Crippen LogP contribution in [0.4, 0.5) is 0 Å². The molecule has 72 heavy (non-hydrogen) atoms. The van der Waals surface area contributed by atoms with Crippen molar-refractivity contribution in [3.8, 4) is 89.0 Å². The molecule has 0 saturated carbocycles. The number of fused-ring (bicyclic) bond motifs is 10. The lowest BCUT2D eigenvalue weighted by atomic mass is 9.79. The number of hydrogen-bond donors (Lipinski definition) is 0. The largest absolute Gasteiger partial charge is 0.0617 e. The minimum atomic E-state index is 1.31. The molecule has 2 aliphatic carbocycles. The van der Waals surface area contributed by atoms with Crippen LogP contribution in [0.2, 0.25) is 0 Å². The lowest BCUT2D eigenvalue weighted by molar-refractivity contribution is 1.38. The maximum atomic E-state index is 2.49. The van der Waals surface area contributed by atoms with Crippen molar-refractivity contribution in [2.24, 2.45) is 0 Å². The first-order chi connectivity index (χ1) is 35.1. The Morgan fingerprint density at radius 3 is 0.569 bits per heavy atom. The van der Waals surface area contributed by atoms with E-state index in [9.17, 15) is 0 Å². The highest BCUT2D eigenvalue weighted by atomic mass is 14.4. The Morgan fingerprint density at radius 2 is 0.361 bits per heavy atom. The average Bonchev–Trinajstić information content (AvgIpc) is 3.90. The summed E-state index contributed by atoms with van der Waals surface area (Å²) in [6, 6.07) is 65.6. The number of benzene rings is 13. The zero-order chi connectivity index (χ0) is 48.6. The number of hydrogen-bond acceptors (Lipinski definition) is 0. The molecular formula is C72H52. The van der Waals surface area contributed by atoms with Crippen molar-refractivity contribution < 1.29 is 0 Å². The van der Waals surface area contributed by atoms with E-state index in [1.807, 2.05) is 0 Å². The smallest absolute Gasteiger partial charge is 0.000720 e. The van der Waals surface area contributed by atoms with Gasteiger partial charge in [0.05, 0.1) is 0 Å². The Bertz CT molecular complexity index is 3970. The van der Waals surface area contributed by atoms with Crippen LogP contribution in [0.5, 0.6) is 0 Å². The van der Waals surface area contributed by atoms with Gasteiger partial charge >= 0.3 is 0 Å². The van der Waals surface area contributed by atoms with Crippen molar-refractivity contribution in [3.63, 3.8) is 0 Å². The van der Waals surface area contributed by atoms with Gasteiger partial charge in [0.1, 0.15) is 0 Å². The van der Waals surface area contributed by atoms with Gasteiger partial charge in [-0.3, -0.25) is 0 Å². The second kappa shape index (κ2) is 14.6. The molecular weight excluding hydrogens is 865 g/mol. The van der Waals surface area contributed by atoms with E-state index >= 15 is 0 Å². The van der Waals surface area contributed by atoms with E-state index in [0.717, 1.165) is 0 Å². The van der Waals surface area contributed by atoms with Crippen LogP contribution in [-0.4, -0.2) is 0 Å².